The molecule has 1 fully saturated rings. The molecular weight excluding hydrogens is 184 g/mol. The fraction of sp³-hybridized carbons (Fsp3) is 0.571. The summed E-state index contributed by atoms with van der Waals surface area (Å²) in [6.45, 7) is 4.21. The van der Waals surface area contributed by atoms with Gasteiger partial charge in [-0.3, -0.25) is 0 Å². The van der Waals surface area contributed by atoms with Gasteiger partial charge in [0.1, 0.15) is 0 Å². The Hall–Kier alpha value is -0.820. The van der Waals surface area contributed by atoms with Gasteiger partial charge in [0.05, 0.1) is 5.60 Å². The maximum atomic E-state index is 10.2. The van der Waals surface area contributed by atoms with Crippen LogP contribution >= 0.6 is 0 Å². The zero-order chi connectivity index (χ0) is 10.9. The molecule has 82 valence electrons. The van der Waals surface area contributed by atoms with Crippen LogP contribution in [0.2, 0.25) is 0 Å². The van der Waals surface area contributed by atoms with E-state index in [1.807, 2.05) is 13.0 Å². The highest BCUT2D eigenvalue weighted by Gasteiger charge is 2.34. The lowest BCUT2D eigenvalue weighted by molar-refractivity contribution is -0.00407. The number of hydrogen-bond donors (Lipinski definition) is 1. The molecule has 1 heteroatoms. The molecule has 2 rings (SSSR count). The molecule has 0 spiro atoms. The zero-order valence-corrected chi connectivity index (χ0v) is 9.61. The average molecular weight is 204 g/mol. The molecule has 1 N–H and O–H groups in total. The second kappa shape index (κ2) is 3.97. The van der Waals surface area contributed by atoms with Crippen molar-refractivity contribution in [3.05, 3.63) is 35.9 Å². The van der Waals surface area contributed by atoms with Crippen LogP contribution in [0.1, 0.15) is 44.6 Å². The van der Waals surface area contributed by atoms with Gasteiger partial charge in [0, 0.05) is 0 Å². The topological polar surface area (TPSA) is 20.2 Å². The van der Waals surface area contributed by atoms with E-state index >= 15 is 0 Å². The highest BCUT2D eigenvalue weighted by molar-refractivity contribution is 5.21. The maximum absolute atomic E-state index is 10.2. The van der Waals surface area contributed by atoms with Crippen molar-refractivity contribution in [1.82, 2.24) is 0 Å². The Morgan fingerprint density at radius 1 is 1.20 bits per heavy atom. The van der Waals surface area contributed by atoms with E-state index in [0.29, 0.717) is 11.8 Å². The standard InChI is InChI=1S/C14H20O/c1-11-8-13(10-14(2,15)9-11)12-6-4-3-5-7-12/h3-7,11,13,15H,8-10H2,1-2H3. The van der Waals surface area contributed by atoms with Crippen molar-refractivity contribution in [3.8, 4) is 0 Å². The van der Waals surface area contributed by atoms with Crippen molar-refractivity contribution >= 4 is 0 Å². The second-order valence-electron chi connectivity index (χ2n) is 5.35. The van der Waals surface area contributed by atoms with Crippen molar-refractivity contribution < 1.29 is 5.11 Å². The fourth-order valence-electron chi connectivity index (χ4n) is 3.00. The molecule has 0 aromatic heterocycles. The lowest BCUT2D eigenvalue weighted by atomic mass is 9.71. The zero-order valence-electron chi connectivity index (χ0n) is 9.61. The lowest BCUT2D eigenvalue weighted by Crippen LogP contribution is -2.34. The molecule has 3 unspecified atom stereocenters. The molecule has 0 aliphatic heterocycles. The van der Waals surface area contributed by atoms with Crippen LogP contribution in [-0.4, -0.2) is 10.7 Å². The first-order valence-electron chi connectivity index (χ1n) is 5.84. The van der Waals surface area contributed by atoms with Crippen LogP contribution in [0.25, 0.3) is 0 Å². The van der Waals surface area contributed by atoms with E-state index in [2.05, 4.69) is 31.2 Å². The van der Waals surface area contributed by atoms with Crippen LogP contribution in [0.3, 0.4) is 0 Å². The predicted molar refractivity (Wildman–Crippen MR) is 62.8 cm³/mol. The third-order valence-electron chi connectivity index (χ3n) is 3.43. The van der Waals surface area contributed by atoms with Gasteiger partial charge in [-0.15, -0.1) is 0 Å². The molecule has 1 aliphatic rings. The van der Waals surface area contributed by atoms with Crippen molar-refractivity contribution in [1.29, 1.82) is 0 Å². The highest BCUT2D eigenvalue weighted by Crippen LogP contribution is 2.41. The van der Waals surface area contributed by atoms with Crippen LogP contribution in [0, 0.1) is 5.92 Å². The minimum atomic E-state index is -0.474. The van der Waals surface area contributed by atoms with Crippen LogP contribution < -0.4 is 0 Å². The molecule has 0 amide bonds. The van der Waals surface area contributed by atoms with E-state index in [9.17, 15) is 5.11 Å². The van der Waals surface area contributed by atoms with Crippen molar-refractivity contribution in [2.24, 2.45) is 5.92 Å². The maximum Gasteiger partial charge on any atom is 0.0628 e. The minimum absolute atomic E-state index is 0.474. The lowest BCUT2D eigenvalue weighted by Gasteiger charge is -2.38. The summed E-state index contributed by atoms with van der Waals surface area (Å²) < 4.78 is 0. The Bertz CT molecular complexity index is 315. The summed E-state index contributed by atoms with van der Waals surface area (Å²) in [5.74, 6) is 1.16. The molecule has 0 bridgehead atoms. The molecular formula is C14H20O. The van der Waals surface area contributed by atoms with Gasteiger partial charge in [0.2, 0.25) is 0 Å². The van der Waals surface area contributed by atoms with Gasteiger partial charge in [-0.05, 0) is 43.6 Å². The number of benzene rings is 1. The normalized spacial score (nSPS) is 36.5. The Morgan fingerprint density at radius 2 is 1.87 bits per heavy atom. The van der Waals surface area contributed by atoms with E-state index < -0.39 is 5.60 Å². The van der Waals surface area contributed by atoms with Gasteiger partial charge in [-0.25, -0.2) is 0 Å². The molecule has 3 atom stereocenters. The van der Waals surface area contributed by atoms with Gasteiger partial charge in [0.25, 0.3) is 0 Å². The highest BCUT2D eigenvalue weighted by atomic mass is 16.3. The summed E-state index contributed by atoms with van der Waals surface area (Å²) in [6.07, 6.45) is 3.05. The minimum Gasteiger partial charge on any atom is -0.390 e. The first-order chi connectivity index (χ1) is 7.07. The summed E-state index contributed by atoms with van der Waals surface area (Å²) in [4.78, 5) is 0. The fourth-order valence-corrected chi connectivity index (χ4v) is 3.00. The first kappa shape index (κ1) is 10.7. The van der Waals surface area contributed by atoms with Crippen LogP contribution in [0.5, 0.6) is 0 Å². The molecule has 1 aliphatic carbocycles. The van der Waals surface area contributed by atoms with Gasteiger partial charge in [-0.1, -0.05) is 37.3 Å². The van der Waals surface area contributed by atoms with Gasteiger partial charge < -0.3 is 5.11 Å². The molecule has 1 saturated carbocycles. The predicted octanol–water partition coefficient (Wildman–Crippen LogP) is 3.34. The average Bonchev–Trinajstić information content (AvgIpc) is 2.16. The Labute approximate surface area is 92.1 Å². The number of hydrogen-bond acceptors (Lipinski definition) is 1. The van der Waals surface area contributed by atoms with Crippen LogP contribution in [0.4, 0.5) is 0 Å². The molecule has 0 radical (unpaired) electrons. The summed E-state index contributed by atoms with van der Waals surface area (Å²) in [6, 6.07) is 10.6. The van der Waals surface area contributed by atoms with E-state index in [-0.39, 0.29) is 0 Å². The van der Waals surface area contributed by atoms with Crippen LogP contribution in [-0.2, 0) is 0 Å². The van der Waals surface area contributed by atoms with Crippen molar-refractivity contribution in [2.75, 3.05) is 0 Å². The van der Waals surface area contributed by atoms with Gasteiger partial charge >= 0.3 is 0 Å². The van der Waals surface area contributed by atoms with E-state index in [1.165, 1.54) is 12.0 Å². The summed E-state index contributed by atoms with van der Waals surface area (Å²) >= 11 is 0. The van der Waals surface area contributed by atoms with Crippen molar-refractivity contribution in [3.63, 3.8) is 0 Å². The number of rotatable bonds is 1. The van der Waals surface area contributed by atoms with E-state index in [4.69, 9.17) is 0 Å². The molecule has 0 saturated heterocycles. The Balaban J connectivity index is 2.17. The molecule has 15 heavy (non-hydrogen) atoms. The SMILES string of the molecule is CC1CC(c2ccccc2)CC(C)(O)C1. The Morgan fingerprint density at radius 3 is 2.47 bits per heavy atom. The summed E-state index contributed by atoms with van der Waals surface area (Å²) in [5.41, 5.74) is 0.905. The van der Waals surface area contributed by atoms with Gasteiger partial charge in [-0.2, -0.15) is 0 Å². The monoisotopic (exact) mass is 204 g/mol. The third-order valence-corrected chi connectivity index (χ3v) is 3.43. The summed E-state index contributed by atoms with van der Waals surface area (Å²) in [5, 5.41) is 10.2. The first-order valence-corrected chi connectivity index (χ1v) is 5.84. The molecule has 1 aromatic carbocycles. The van der Waals surface area contributed by atoms with Gasteiger partial charge in [0.15, 0.2) is 0 Å². The van der Waals surface area contributed by atoms with Crippen LogP contribution in [0.15, 0.2) is 30.3 Å². The quantitative estimate of drug-likeness (QED) is 0.744. The van der Waals surface area contributed by atoms with E-state index in [0.717, 1.165) is 12.8 Å². The molecule has 0 heterocycles. The molecule has 1 aromatic rings. The number of aliphatic hydroxyl groups is 1. The third kappa shape index (κ3) is 2.60. The van der Waals surface area contributed by atoms with Crippen molar-refractivity contribution in [2.45, 2.75) is 44.6 Å². The smallest absolute Gasteiger partial charge is 0.0628 e. The second-order valence-corrected chi connectivity index (χ2v) is 5.35. The summed E-state index contributed by atoms with van der Waals surface area (Å²) in [7, 11) is 0. The Kier molecular flexibility index (Phi) is 2.83. The molecule has 1 nitrogen and oxygen atoms in total. The largest absolute Gasteiger partial charge is 0.390 e. The van der Waals surface area contributed by atoms with E-state index in [1.54, 1.807) is 0 Å².